The first-order valence-corrected chi connectivity index (χ1v) is 6.83. The minimum Gasteiger partial charge on any atom is -0.480 e. The van der Waals surface area contributed by atoms with E-state index in [-0.39, 0.29) is 6.54 Å². The highest BCUT2D eigenvalue weighted by atomic mass is 16.4. The van der Waals surface area contributed by atoms with E-state index < -0.39 is 5.97 Å². The molecule has 0 aliphatic carbocycles. The largest absolute Gasteiger partial charge is 0.480 e. The molecule has 0 aromatic rings. The third-order valence-electron chi connectivity index (χ3n) is 3.43. The molecule has 2 atom stereocenters. The van der Waals surface area contributed by atoms with Crippen molar-refractivity contribution >= 4 is 5.97 Å². The molecule has 0 aromatic heterocycles. The summed E-state index contributed by atoms with van der Waals surface area (Å²) in [7, 11) is 0. The number of carboxylic acid groups (broad SMARTS) is 1. The number of likely N-dealkylation sites (tertiary alicyclic amines) is 1. The number of likely N-dealkylation sites (N-methyl/N-ethyl adjacent to an activating group) is 1. The van der Waals surface area contributed by atoms with Gasteiger partial charge in [-0.25, -0.2) is 0 Å². The van der Waals surface area contributed by atoms with Gasteiger partial charge in [-0.05, 0) is 25.3 Å². The molecule has 17 heavy (non-hydrogen) atoms. The molecule has 2 unspecified atom stereocenters. The summed E-state index contributed by atoms with van der Waals surface area (Å²) in [6.07, 6.45) is 4.91. The number of piperidine rings is 1. The number of carbonyl (C=O) groups is 1. The van der Waals surface area contributed by atoms with Crippen LogP contribution in [-0.2, 0) is 4.79 Å². The van der Waals surface area contributed by atoms with Crippen LogP contribution in [-0.4, -0.2) is 48.2 Å². The van der Waals surface area contributed by atoms with Crippen molar-refractivity contribution in [3.8, 4) is 0 Å². The minimum atomic E-state index is -0.712. The quantitative estimate of drug-likeness (QED) is 0.711. The maximum atomic E-state index is 10.8. The first-order chi connectivity index (χ1) is 8.15. The SMILES string of the molecule is CCCCC1CC(NCC)CN(CC(=O)O)C1. The number of hydrogen-bond donors (Lipinski definition) is 2. The molecule has 4 heteroatoms. The average molecular weight is 242 g/mol. The van der Waals surface area contributed by atoms with Crippen LogP contribution in [0.25, 0.3) is 0 Å². The lowest BCUT2D eigenvalue weighted by atomic mass is 9.90. The van der Waals surface area contributed by atoms with Crippen molar-refractivity contribution in [1.82, 2.24) is 10.2 Å². The van der Waals surface area contributed by atoms with E-state index in [2.05, 4.69) is 24.1 Å². The summed E-state index contributed by atoms with van der Waals surface area (Å²) in [5.41, 5.74) is 0. The Morgan fingerprint density at radius 1 is 1.41 bits per heavy atom. The van der Waals surface area contributed by atoms with Crippen molar-refractivity contribution in [2.45, 2.75) is 45.6 Å². The first-order valence-electron chi connectivity index (χ1n) is 6.83. The molecule has 2 N–H and O–H groups in total. The summed E-state index contributed by atoms with van der Waals surface area (Å²) in [6, 6.07) is 0.468. The predicted octanol–water partition coefficient (Wildman–Crippen LogP) is 1.56. The zero-order chi connectivity index (χ0) is 12.7. The molecule has 4 nitrogen and oxygen atoms in total. The third kappa shape index (κ3) is 5.50. The highest BCUT2D eigenvalue weighted by Crippen LogP contribution is 2.21. The Morgan fingerprint density at radius 3 is 2.76 bits per heavy atom. The highest BCUT2D eigenvalue weighted by Gasteiger charge is 2.27. The van der Waals surface area contributed by atoms with Crippen LogP contribution < -0.4 is 5.32 Å². The summed E-state index contributed by atoms with van der Waals surface area (Å²) < 4.78 is 0. The van der Waals surface area contributed by atoms with Gasteiger partial charge in [0.1, 0.15) is 0 Å². The minimum absolute atomic E-state index is 0.185. The summed E-state index contributed by atoms with van der Waals surface area (Å²) in [5, 5.41) is 12.3. The lowest BCUT2D eigenvalue weighted by molar-refractivity contribution is -0.138. The number of hydrogen-bond acceptors (Lipinski definition) is 3. The molecule has 0 spiro atoms. The van der Waals surface area contributed by atoms with E-state index in [0.717, 1.165) is 19.6 Å². The van der Waals surface area contributed by atoms with Crippen LogP contribution in [0.15, 0.2) is 0 Å². The van der Waals surface area contributed by atoms with Crippen LogP contribution >= 0.6 is 0 Å². The molecule has 0 aromatic carbocycles. The maximum absolute atomic E-state index is 10.8. The Kier molecular flexibility index (Phi) is 6.52. The van der Waals surface area contributed by atoms with Crippen LogP contribution in [0.4, 0.5) is 0 Å². The van der Waals surface area contributed by atoms with Crippen molar-refractivity contribution in [1.29, 1.82) is 0 Å². The van der Waals surface area contributed by atoms with Crippen molar-refractivity contribution in [3.63, 3.8) is 0 Å². The molecular formula is C13H26N2O2. The van der Waals surface area contributed by atoms with E-state index in [1.165, 1.54) is 25.7 Å². The molecule has 1 saturated heterocycles. The summed E-state index contributed by atoms with van der Waals surface area (Å²) >= 11 is 0. The fraction of sp³-hybridized carbons (Fsp3) is 0.923. The summed E-state index contributed by atoms with van der Waals surface area (Å²) in [5.74, 6) is -0.0523. The molecule has 0 amide bonds. The van der Waals surface area contributed by atoms with Gasteiger partial charge in [0.25, 0.3) is 0 Å². The van der Waals surface area contributed by atoms with E-state index in [4.69, 9.17) is 5.11 Å². The lowest BCUT2D eigenvalue weighted by Crippen LogP contribution is -2.50. The van der Waals surface area contributed by atoms with Crippen molar-refractivity contribution < 1.29 is 9.90 Å². The molecule has 0 bridgehead atoms. The Morgan fingerprint density at radius 2 is 2.18 bits per heavy atom. The first kappa shape index (κ1) is 14.5. The third-order valence-corrected chi connectivity index (χ3v) is 3.43. The van der Waals surface area contributed by atoms with Crippen LogP contribution in [0.3, 0.4) is 0 Å². The summed E-state index contributed by atoms with van der Waals surface area (Å²) in [4.78, 5) is 12.9. The smallest absolute Gasteiger partial charge is 0.317 e. The van der Waals surface area contributed by atoms with Gasteiger partial charge in [0.2, 0.25) is 0 Å². The van der Waals surface area contributed by atoms with Crippen LogP contribution in [0.2, 0.25) is 0 Å². The second-order valence-electron chi connectivity index (χ2n) is 5.09. The average Bonchev–Trinajstić information content (AvgIpc) is 2.25. The number of aliphatic carboxylic acids is 1. The van der Waals surface area contributed by atoms with Gasteiger partial charge in [-0.2, -0.15) is 0 Å². The van der Waals surface area contributed by atoms with Crippen LogP contribution in [0, 0.1) is 5.92 Å². The van der Waals surface area contributed by atoms with Gasteiger partial charge in [-0.15, -0.1) is 0 Å². The van der Waals surface area contributed by atoms with Gasteiger partial charge in [0.15, 0.2) is 0 Å². The molecule has 0 radical (unpaired) electrons. The number of nitrogens with zero attached hydrogens (tertiary/aromatic N) is 1. The molecule has 1 heterocycles. The van der Waals surface area contributed by atoms with Gasteiger partial charge in [0.05, 0.1) is 6.54 Å². The second kappa shape index (κ2) is 7.67. The molecule has 1 aliphatic heterocycles. The van der Waals surface area contributed by atoms with E-state index in [1.54, 1.807) is 0 Å². The predicted molar refractivity (Wildman–Crippen MR) is 69.2 cm³/mol. The van der Waals surface area contributed by atoms with Gasteiger partial charge >= 0.3 is 5.97 Å². The Balaban J connectivity index is 2.46. The zero-order valence-electron chi connectivity index (χ0n) is 11.1. The normalized spacial score (nSPS) is 26.0. The number of unbranched alkanes of at least 4 members (excludes halogenated alkanes) is 1. The molecule has 1 fully saturated rings. The van der Waals surface area contributed by atoms with Crippen LogP contribution in [0.1, 0.15) is 39.5 Å². The van der Waals surface area contributed by atoms with Gasteiger partial charge in [-0.1, -0.05) is 26.7 Å². The molecular weight excluding hydrogens is 216 g/mol. The zero-order valence-corrected chi connectivity index (χ0v) is 11.1. The molecule has 1 aliphatic rings. The van der Waals surface area contributed by atoms with E-state index in [9.17, 15) is 4.79 Å². The topological polar surface area (TPSA) is 52.6 Å². The van der Waals surface area contributed by atoms with E-state index in [1.807, 2.05) is 0 Å². The van der Waals surface area contributed by atoms with Crippen LogP contribution in [0.5, 0.6) is 0 Å². The van der Waals surface area contributed by atoms with Crippen molar-refractivity contribution in [3.05, 3.63) is 0 Å². The maximum Gasteiger partial charge on any atom is 0.317 e. The second-order valence-corrected chi connectivity index (χ2v) is 5.09. The Labute approximate surface area is 104 Å². The van der Waals surface area contributed by atoms with Gasteiger partial charge < -0.3 is 10.4 Å². The number of carboxylic acids is 1. The standard InChI is InChI=1S/C13H26N2O2/c1-3-5-6-11-7-12(14-4-2)9-15(8-11)10-13(16)17/h11-12,14H,3-10H2,1-2H3,(H,16,17). The number of nitrogens with one attached hydrogen (secondary N) is 1. The fourth-order valence-corrected chi connectivity index (χ4v) is 2.76. The van der Waals surface area contributed by atoms with Gasteiger partial charge in [0, 0.05) is 19.1 Å². The Bertz CT molecular complexity index is 233. The summed E-state index contributed by atoms with van der Waals surface area (Å²) in [6.45, 7) is 7.30. The Hall–Kier alpha value is -0.610. The lowest BCUT2D eigenvalue weighted by Gasteiger charge is -2.37. The highest BCUT2D eigenvalue weighted by molar-refractivity contribution is 5.69. The van der Waals surface area contributed by atoms with E-state index >= 15 is 0 Å². The molecule has 1 rings (SSSR count). The van der Waals surface area contributed by atoms with E-state index in [0.29, 0.717) is 12.0 Å². The van der Waals surface area contributed by atoms with Gasteiger partial charge in [-0.3, -0.25) is 9.69 Å². The molecule has 0 saturated carbocycles. The number of rotatable bonds is 7. The van der Waals surface area contributed by atoms with Crippen molar-refractivity contribution in [2.75, 3.05) is 26.2 Å². The van der Waals surface area contributed by atoms with Crippen molar-refractivity contribution in [2.24, 2.45) is 5.92 Å². The monoisotopic (exact) mass is 242 g/mol. The fourth-order valence-electron chi connectivity index (χ4n) is 2.76. The molecule has 100 valence electrons.